The summed E-state index contributed by atoms with van der Waals surface area (Å²) < 4.78 is 3.05. The molecule has 11 rings (SSSR count). The van der Waals surface area contributed by atoms with E-state index in [0.29, 0.717) is 26.2 Å². The van der Waals surface area contributed by atoms with Crippen LogP contribution in [0.3, 0.4) is 0 Å². The molecule has 5 nitrogen and oxygen atoms in total. The van der Waals surface area contributed by atoms with Gasteiger partial charge in [0.05, 0.1) is 0 Å². The van der Waals surface area contributed by atoms with Crippen molar-refractivity contribution in [2.75, 3.05) is 44.2 Å². The average Bonchev–Trinajstić information content (AvgIpc) is 3.18. The van der Waals surface area contributed by atoms with Crippen molar-refractivity contribution < 1.29 is 14.4 Å². The summed E-state index contributed by atoms with van der Waals surface area (Å²) in [5.41, 5.74) is 17.7. The Balaban J connectivity index is 0.000000153. The highest BCUT2D eigenvalue weighted by Gasteiger charge is 2.28. The number of ketones is 3. The second-order valence-corrected chi connectivity index (χ2v) is 25.2. The quantitative estimate of drug-likeness (QED) is 0.120. The SMILES string of the molecule is Cc1cccc(/C=C2\CN(CCc3ccccc3)C/C(=C\c3cccc(Br)c3)C2=O)c1.Cc1cccc(/C=C2\CN(Cc3ccccc3)C/C(=C\c3cccc(Br)c3)C2=O)c1.Cc1cccc(/C=C2\CSC/C(=C\c3cccc(Br)c3)C2=O)c1. The zero-order valence-corrected chi connectivity index (χ0v) is 53.2. The highest BCUT2D eigenvalue weighted by Crippen LogP contribution is 2.30. The second kappa shape index (κ2) is 30.6. The van der Waals surface area contributed by atoms with Gasteiger partial charge in [-0.2, -0.15) is 11.8 Å². The van der Waals surface area contributed by atoms with Crippen LogP contribution >= 0.6 is 59.6 Å². The number of carbonyl (C=O) groups excluding carboxylic acids is 3. The standard InChI is InChI=1S/C28H26BrNO.C27H24BrNO.C20H17BrOS/c1-21-7-5-10-23(15-21)16-25-19-30(14-13-22-8-3-2-4-9-22)20-26(28(25)31)17-24-11-6-12-27(29)18-24;1-20-7-5-10-22(13-20)14-24-18-29(17-21-8-3-2-4-9-21)19-25(27(24)30)15-23-11-6-12-26(28)16-23;1-14-4-2-5-15(8-14)9-17-12-23-13-18(20(17)22)10-16-6-3-7-19(21)11-16/h2-12,15-18H,13-14,19-20H2,1H3;2-16H,17-19H2,1H3;2-11H,12-13H2,1H3/b25-16+,26-17+;24-14+,25-15+;17-9+,18-10+. The van der Waals surface area contributed by atoms with Gasteiger partial charge >= 0.3 is 0 Å². The zero-order chi connectivity index (χ0) is 58.8. The number of nitrogens with zero attached hydrogens (tertiary/aromatic N) is 2. The normalized spacial score (nSPS) is 17.8. The van der Waals surface area contributed by atoms with Crippen molar-refractivity contribution in [2.24, 2.45) is 0 Å². The summed E-state index contributed by atoms with van der Waals surface area (Å²) in [5, 5.41) is 0. The van der Waals surface area contributed by atoms with Gasteiger partial charge in [-0.15, -0.1) is 0 Å². The van der Waals surface area contributed by atoms with Crippen LogP contribution in [0.25, 0.3) is 36.5 Å². The smallest absolute Gasteiger partial charge is 0.187 e. The van der Waals surface area contributed by atoms with Gasteiger partial charge in [-0.05, 0) is 145 Å². The van der Waals surface area contributed by atoms with E-state index in [-0.39, 0.29) is 17.3 Å². The maximum absolute atomic E-state index is 13.3. The zero-order valence-electron chi connectivity index (χ0n) is 47.6. The predicted molar refractivity (Wildman–Crippen MR) is 364 cm³/mol. The number of hydrogen-bond donors (Lipinski definition) is 0. The molecule has 0 N–H and O–H groups in total. The maximum atomic E-state index is 13.3. The summed E-state index contributed by atoms with van der Waals surface area (Å²) in [6.45, 7) is 10.6. The molecular weight excluding hydrogens is 1250 g/mol. The molecule has 0 amide bonds. The average molecular weight is 1320 g/mol. The maximum Gasteiger partial charge on any atom is 0.187 e. The van der Waals surface area contributed by atoms with Gasteiger partial charge in [-0.25, -0.2) is 0 Å². The molecule has 3 aliphatic heterocycles. The third-order valence-corrected chi connectivity index (χ3v) is 16.9. The summed E-state index contributed by atoms with van der Waals surface area (Å²) in [5.74, 6) is 2.02. The summed E-state index contributed by atoms with van der Waals surface area (Å²) in [6.07, 6.45) is 13.1. The Bertz CT molecular complexity index is 3640. The van der Waals surface area contributed by atoms with E-state index < -0.39 is 0 Å². The molecule has 8 aromatic carbocycles. The van der Waals surface area contributed by atoms with E-state index in [2.05, 4.69) is 181 Å². The van der Waals surface area contributed by atoms with Crippen molar-refractivity contribution in [3.8, 4) is 0 Å². The number of rotatable bonds is 11. The van der Waals surface area contributed by atoms with Crippen LogP contribution in [0.2, 0.25) is 0 Å². The Morgan fingerprint density at radius 3 is 1.02 bits per heavy atom. The van der Waals surface area contributed by atoms with Crippen LogP contribution in [0, 0.1) is 20.8 Å². The van der Waals surface area contributed by atoms with Gasteiger partial charge in [0.2, 0.25) is 0 Å². The van der Waals surface area contributed by atoms with Crippen LogP contribution in [0.1, 0.15) is 61.2 Å². The highest BCUT2D eigenvalue weighted by atomic mass is 79.9. The fourth-order valence-corrected chi connectivity index (χ4v) is 12.6. The van der Waals surface area contributed by atoms with Crippen molar-refractivity contribution in [3.63, 3.8) is 0 Å². The molecule has 0 atom stereocenters. The van der Waals surface area contributed by atoms with E-state index in [1.54, 1.807) is 11.8 Å². The first-order valence-electron chi connectivity index (χ1n) is 28.2. The first-order valence-corrected chi connectivity index (χ1v) is 31.7. The lowest BCUT2D eigenvalue weighted by molar-refractivity contribution is -0.114. The van der Waals surface area contributed by atoms with Crippen LogP contribution in [0.5, 0.6) is 0 Å². The molecular formula is C75H67Br3N2O3S. The molecule has 0 aromatic heterocycles. The number of hydrogen-bond acceptors (Lipinski definition) is 6. The first kappa shape index (κ1) is 61.5. The Labute approximate surface area is 525 Å². The molecule has 84 heavy (non-hydrogen) atoms. The molecule has 3 fully saturated rings. The van der Waals surface area contributed by atoms with Crippen molar-refractivity contribution in [2.45, 2.75) is 33.7 Å². The van der Waals surface area contributed by atoms with E-state index in [1.165, 1.54) is 27.8 Å². The topological polar surface area (TPSA) is 57.7 Å². The molecule has 0 radical (unpaired) electrons. The van der Waals surface area contributed by atoms with Crippen LogP contribution in [-0.2, 0) is 27.3 Å². The lowest BCUT2D eigenvalue weighted by Gasteiger charge is -2.30. The molecule has 0 aliphatic carbocycles. The molecule has 8 aromatic rings. The molecule has 3 aliphatic rings. The Hall–Kier alpha value is -7.08. The molecule has 3 heterocycles. The monoisotopic (exact) mass is 1310 g/mol. The highest BCUT2D eigenvalue weighted by molar-refractivity contribution is 9.11. The molecule has 0 saturated carbocycles. The molecule has 0 spiro atoms. The third kappa shape index (κ3) is 18.7. The third-order valence-electron chi connectivity index (χ3n) is 14.4. The summed E-state index contributed by atoms with van der Waals surface area (Å²) in [6, 6.07) is 70.0. The Kier molecular flexibility index (Phi) is 22.4. The van der Waals surface area contributed by atoms with Gasteiger partial charge in [0.1, 0.15) is 0 Å². The minimum atomic E-state index is 0.140. The molecule has 0 unspecified atom stereocenters. The van der Waals surface area contributed by atoms with E-state index in [4.69, 9.17) is 0 Å². The number of halogens is 3. The number of aryl methyl sites for hydroxylation is 3. The van der Waals surface area contributed by atoms with E-state index in [1.807, 2.05) is 140 Å². The summed E-state index contributed by atoms with van der Waals surface area (Å²) in [4.78, 5) is 44.1. The lowest BCUT2D eigenvalue weighted by atomic mass is 9.93. The largest absolute Gasteiger partial charge is 0.294 e. The second-order valence-electron chi connectivity index (χ2n) is 21.5. The number of piperidine rings is 2. The molecule has 3 saturated heterocycles. The fraction of sp³-hybridized carbons (Fsp3) is 0.160. The van der Waals surface area contributed by atoms with Gasteiger partial charge in [-0.3, -0.25) is 24.2 Å². The molecule has 9 heteroatoms. The molecule has 422 valence electrons. The number of thioether (sulfide) groups is 1. The summed E-state index contributed by atoms with van der Waals surface area (Å²) in [7, 11) is 0. The van der Waals surface area contributed by atoms with Crippen molar-refractivity contribution in [1.82, 2.24) is 9.80 Å². The van der Waals surface area contributed by atoms with Crippen LogP contribution < -0.4 is 0 Å². The number of benzene rings is 8. The van der Waals surface area contributed by atoms with Crippen molar-refractivity contribution in [1.29, 1.82) is 0 Å². The minimum Gasteiger partial charge on any atom is -0.294 e. The molecule has 0 bridgehead atoms. The number of carbonyl (C=O) groups is 3. The van der Waals surface area contributed by atoms with E-state index >= 15 is 0 Å². The Morgan fingerprint density at radius 1 is 0.357 bits per heavy atom. The van der Waals surface area contributed by atoms with Gasteiger partial charge in [-0.1, -0.05) is 234 Å². The minimum absolute atomic E-state index is 0.140. The van der Waals surface area contributed by atoms with Crippen molar-refractivity contribution in [3.05, 3.63) is 314 Å². The van der Waals surface area contributed by atoms with E-state index in [0.717, 1.165) is 111 Å². The number of Topliss-reactive ketones (excluding diaryl/α,β-unsaturated/α-hetero) is 3. The number of likely N-dealkylation sites (tertiary alicyclic amines) is 2. The van der Waals surface area contributed by atoms with Crippen LogP contribution in [0.4, 0.5) is 0 Å². The van der Waals surface area contributed by atoms with Crippen molar-refractivity contribution >= 4 is 113 Å². The predicted octanol–water partition coefficient (Wildman–Crippen LogP) is 18.2. The van der Waals surface area contributed by atoms with Gasteiger partial charge < -0.3 is 0 Å². The fourth-order valence-electron chi connectivity index (χ4n) is 10.4. The van der Waals surface area contributed by atoms with Crippen LogP contribution in [0.15, 0.2) is 253 Å². The van der Waals surface area contributed by atoms with Gasteiger partial charge in [0.25, 0.3) is 0 Å². The van der Waals surface area contributed by atoms with E-state index in [9.17, 15) is 14.4 Å². The summed E-state index contributed by atoms with van der Waals surface area (Å²) >= 11 is 12.3. The van der Waals surface area contributed by atoms with Gasteiger partial charge in [0.15, 0.2) is 17.3 Å². The first-order chi connectivity index (χ1) is 40.7. The lowest BCUT2D eigenvalue weighted by Crippen LogP contribution is -2.38. The van der Waals surface area contributed by atoms with Gasteiger partial charge in [0, 0.05) is 97.6 Å². The Morgan fingerprint density at radius 2 is 0.667 bits per heavy atom. The van der Waals surface area contributed by atoms with Crippen LogP contribution in [-0.4, -0.2) is 71.4 Å².